The van der Waals surface area contributed by atoms with Crippen molar-refractivity contribution in [2.75, 3.05) is 18.4 Å². The summed E-state index contributed by atoms with van der Waals surface area (Å²) in [5, 5.41) is 4.88. The lowest BCUT2D eigenvalue weighted by Crippen LogP contribution is -2.28. The van der Waals surface area contributed by atoms with E-state index in [2.05, 4.69) is 20.0 Å². The zero-order valence-corrected chi connectivity index (χ0v) is 13.8. The monoisotopic (exact) mass is 326 g/mol. The molecule has 0 aliphatic heterocycles. The summed E-state index contributed by atoms with van der Waals surface area (Å²) < 4.78 is 26.7. The molecular weight excluding hydrogens is 308 g/mol. The van der Waals surface area contributed by atoms with E-state index in [4.69, 9.17) is 0 Å². The van der Waals surface area contributed by atoms with Crippen LogP contribution >= 0.6 is 11.3 Å². The molecule has 0 atom stereocenters. The van der Waals surface area contributed by atoms with Crippen LogP contribution in [0.4, 0.5) is 5.82 Å². The van der Waals surface area contributed by atoms with Gasteiger partial charge in [-0.1, -0.05) is 6.07 Å². The highest BCUT2D eigenvalue weighted by Crippen LogP contribution is 2.15. The van der Waals surface area contributed by atoms with E-state index in [0.29, 0.717) is 23.1 Å². The zero-order valence-electron chi connectivity index (χ0n) is 12.2. The minimum Gasteiger partial charge on any atom is -0.368 e. The van der Waals surface area contributed by atoms with Crippen molar-refractivity contribution in [1.82, 2.24) is 14.7 Å². The Morgan fingerprint density at radius 1 is 1.19 bits per heavy atom. The van der Waals surface area contributed by atoms with Crippen molar-refractivity contribution >= 4 is 27.2 Å². The van der Waals surface area contributed by atoms with Crippen LogP contribution in [-0.2, 0) is 10.0 Å². The van der Waals surface area contributed by atoms with Crippen molar-refractivity contribution in [1.29, 1.82) is 0 Å². The van der Waals surface area contributed by atoms with Gasteiger partial charge in [0, 0.05) is 24.3 Å². The van der Waals surface area contributed by atoms with Gasteiger partial charge in [-0.25, -0.2) is 23.1 Å². The Balaban J connectivity index is 1.91. The minimum atomic E-state index is -3.40. The summed E-state index contributed by atoms with van der Waals surface area (Å²) in [5.74, 6) is 1.44. The van der Waals surface area contributed by atoms with E-state index in [1.165, 1.54) is 11.3 Å². The molecule has 2 N–H and O–H groups in total. The molecule has 0 spiro atoms. The van der Waals surface area contributed by atoms with Gasteiger partial charge in [-0.2, -0.15) is 0 Å². The van der Waals surface area contributed by atoms with Crippen LogP contribution < -0.4 is 10.0 Å². The second-order valence-electron chi connectivity index (χ2n) is 4.59. The minimum absolute atomic E-state index is 0.293. The maximum atomic E-state index is 11.9. The number of nitrogens with zero attached hydrogens (tertiary/aromatic N) is 2. The lowest BCUT2D eigenvalue weighted by Gasteiger charge is -2.11. The van der Waals surface area contributed by atoms with Crippen molar-refractivity contribution in [3.05, 3.63) is 34.6 Å². The quantitative estimate of drug-likeness (QED) is 0.792. The van der Waals surface area contributed by atoms with E-state index in [9.17, 15) is 8.42 Å². The SMILES string of the molecule is Cc1nc(C)c(C)c(NCCNS(=O)(=O)c2cccs2)n1. The van der Waals surface area contributed by atoms with E-state index in [0.717, 1.165) is 17.1 Å². The number of thiophene rings is 1. The number of hydrogen-bond acceptors (Lipinski definition) is 6. The molecule has 0 aromatic carbocycles. The van der Waals surface area contributed by atoms with Crippen molar-refractivity contribution in [3.63, 3.8) is 0 Å². The molecule has 8 heteroatoms. The van der Waals surface area contributed by atoms with Gasteiger partial charge in [0.25, 0.3) is 0 Å². The lowest BCUT2D eigenvalue weighted by atomic mass is 10.2. The summed E-state index contributed by atoms with van der Waals surface area (Å²) in [6.07, 6.45) is 0. The summed E-state index contributed by atoms with van der Waals surface area (Å²) in [6.45, 7) is 6.45. The van der Waals surface area contributed by atoms with Crippen LogP contribution in [0.5, 0.6) is 0 Å². The Kier molecular flexibility index (Phi) is 4.92. The molecule has 0 fully saturated rings. The molecular formula is C13H18N4O2S2. The Morgan fingerprint density at radius 2 is 1.95 bits per heavy atom. The Labute approximate surface area is 128 Å². The normalized spacial score (nSPS) is 11.6. The highest BCUT2D eigenvalue weighted by Gasteiger charge is 2.14. The van der Waals surface area contributed by atoms with Gasteiger partial charge < -0.3 is 5.32 Å². The van der Waals surface area contributed by atoms with Gasteiger partial charge in [0.1, 0.15) is 15.9 Å². The van der Waals surface area contributed by atoms with Crippen LogP contribution in [0, 0.1) is 20.8 Å². The number of nitrogens with one attached hydrogen (secondary N) is 2. The predicted octanol–water partition coefficient (Wildman–Crippen LogP) is 1.85. The maximum absolute atomic E-state index is 11.9. The van der Waals surface area contributed by atoms with Gasteiger partial charge in [-0.05, 0) is 32.2 Å². The van der Waals surface area contributed by atoms with Gasteiger partial charge in [0.15, 0.2) is 0 Å². The van der Waals surface area contributed by atoms with Crippen LogP contribution in [0.15, 0.2) is 21.7 Å². The maximum Gasteiger partial charge on any atom is 0.250 e. The number of aromatic nitrogens is 2. The standard InChI is InChI=1S/C13H18N4O2S2/c1-9-10(2)16-11(3)17-13(9)14-6-7-15-21(18,19)12-5-4-8-20-12/h4-5,8,15H,6-7H2,1-3H3,(H,14,16,17). The highest BCUT2D eigenvalue weighted by molar-refractivity contribution is 7.91. The smallest absolute Gasteiger partial charge is 0.250 e. The molecule has 0 aliphatic rings. The molecule has 0 bridgehead atoms. The predicted molar refractivity (Wildman–Crippen MR) is 84.2 cm³/mol. The second-order valence-corrected chi connectivity index (χ2v) is 7.53. The van der Waals surface area contributed by atoms with Gasteiger partial charge >= 0.3 is 0 Å². The van der Waals surface area contributed by atoms with E-state index in [1.54, 1.807) is 17.5 Å². The van der Waals surface area contributed by atoms with Crippen LogP contribution in [0.1, 0.15) is 17.1 Å². The van der Waals surface area contributed by atoms with E-state index in [1.807, 2.05) is 20.8 Å². The zero-order chi connectivity index (χ0) is 15.5. The fourth-order valence-electron chi connectivity index (χ4n) is 1.79. The van der Waals surface area contributed by atoms with Crippen molar-refractivity contribution in [3.8, 4) is 0 Å². The summed E-state index contributed by atoms with van der Waals surface area (Å²) in [4.78, 5) is 8.59. The van der Waals surface area contributed by atoms with Crippen LogP contribution in [0.25, 0.3) is 0 Å². The number of sulfonamides is 1. The highest BCUT2D eigenvalue weighted by atomic mass is 32.2. The third kappa shape index (κ3) is 3.99. The Bertz CT molecular complexity index is 712. The largest absolute Gasteiger partial charge is 0.368 e. The van der Waals surface area contributed by atoms with E-state index in [-0.39, 0.29) is 0 Å². The summed E-state index contributed by atoms with van der Waals surface area (Å²) >= 11 is 1.20. The van der Waals surface area contributed by atoms with Gasteiger partial charge in [-0.15, -0.1) is 11.3 Å². The fourth-order valence-corrected chi connectivity index (χ4v) is 3.86. The number of hydrogen-bond donors (Lipinski definition) is 2. The topological polar surface area (TPSA) is 84.0 Å². The van der Waals surface area contributed by atoms with Crippen LogP contribution in [-0.4, -0.2) is 31.5 Å². The first-order chi connectivity index (χ1) is 9.90. The first-order valence-electron chi connectivity index (χ1n) is 6.49. The molecule has 2 heterocycles. The first-order valence-corrected chi connectivity index (χ1v) is 8.85. The van der Waals surface area contributed by atoms with Gasteiger partial charge in [0.05, 0.1) is 0 Å². The molecule has 0 saturated carbocycles. The summed E-state index contributed by atoms with van der Waals surface area (Å²) in [6, 6.07) is 3.30. The molecule has 0 aliphatic carbocycles. The average Bonchev–Trinajstić information content (AvgIpc) is 2.94. The van der Waals surface area contributed by atoms with Gasteiger partial charge in [-0.3, -0.25) is 0 Å². The van der Waals surface area contributed by atoms with Crippen LogP contribution in [0.2, 0.25) is 0 Å². The molecule has 114 valence electrons. The number of aryl methyl sites for hydroxylation is 2. The summed E-state index contributed by atoms with van der Waals surface area (Å²) in [5.41, 5.74) is 1.89. The molecule has 0 saturated heterocycles. The van der Waals surface area contributed by atoms with Crippen molar-refractivity contribution in [2.45, 2.75) is 25.0 Å². The molecule has 2 aromatic rings. The van der Waals surface area contributed by atoms with Crippen LogP contribution in [0.3, 0.4) is 0 Å². The van der Waals surface area contributed by atoms with Crippen molar-refractivity contribution in [2.24, 2.45) is 0 Å². The molecule has 21 heavy (non-hydrogen) atoms. The van der Waals surface area contributed by atoms with Gasteiger partial charge in [0.2, 0.25) is 10.0 Å². The molecule has 6 nitrogen and oxygen atoms in total. The molecule has 2 aromatic heterocycles. The first kappa shape index (κ1) is 15.9. The third-order valence-corrected chi connectivity index (χ3v) is 5.83. The van der Waals surface area contributed by atoms with Crippen molar-refractivity contribution < 1.29 is 8.42 Å². The summed E-state index contributed by atoms with van der Waals surface area (Å²) in [7, 11) is -3.40. The second kappa shape index (κ2) is 6.50. The average molecular weight is 326 g/mol. The number of rotatable bonds is 6. The number of anilines is 1. The van der Waals surface area contributed by atoms with E-state index < -0.39 is 10.0 Å². The molecule has 0 radical (unpaired) electrons. The van der Waals surface area contributed by atoms with E-state index >= 15 is 0 Å². The molecule has 0 unspecified atom stereocenters. The Hall–Kier alpha value is -1.51. The molecule has 0 amide bonds. The fraction of sp³-hybridized carbons (Fsp3) is 0.385. The lowest BCUT2D eigenvalue weighted by molar-refractivity contribution is 0.585. The Morgan fingerprint density at radius 3 is 2.62 bits per heavy atom. The third-order valence-electron chi connectivity index (χ3n) is 2.97. The molecule has 2 rings (SSSR count).